The predicted molar refractivity (Wildman–Crippen MR) is 81.3 cm³/mol. The standard InChI is InChI=1S/C13H16ClN3O4S/c14-12-5-11(17(18)19)1-2-13(12)22(20,21)16-4-3-9-6-15-7-10(9)8-16/h1-2,5,9-10,15H,3-4,6-8H2. The highest BCUT2D eigenvalue weighted by molar-refractivity contribution is 7.89. The van der Waals surface area contributed by atoms with Crippen LogP contribution in [0.5, 0.6) is 0 Å². The third-order valence-electron chi connectivity index (χ3n) is 4.41. The van der Waals surface area contributed by atoms with E-state index in [1.54, 1.807) is 0 Å². The molecule has 0 aliphatic carbocycles. The maximum atomic E-state index is 12.7. The molecule has 9 heteroatoms. The molecule has 2 heterocycles. The van der Waals surface area contributed by atoms with Crippen LogP contribution in [0.4, 0.5) is 5.69 Å². The molecule has 2 atom stereocenters. The lowest BCUT2D eigenvalue weighted by molar-refractivity contribution is -0.384. The van der Waals surface area contributed by atoms with Gasteiger partial charge in [0.1, 0.15) is 4.90 Å². The maximum absolute atomic E-state index is 12.7. The van der Waals surface area contributed by atoms with Crippen molar-refractivity contribution in [1.29, 1.82) is 0 Å². The van der Waals surface area contributed by atoms with E-state index in [0.717, 1.165) is 25.6 Å². The third-order valence-corrected chi connectivity index (χ3v) is 6.76. The van der Waals surface area contributed by atoms with Crippen LogP contribution < -0.4 is 5.32 Å². The number of non-ortho nitro benzene ring substituents is 1. The molecular formula is C13H16ClN3O4S. The van der Waals surface area contributed by atoms with Crippen LogP contribution in [0.15, 0.2) is 23.1 Å². The van der Waals surface area contributed by atoms with Crippen molar-refractivity contribution in [3.63, 3.8) is 0 Å². The Kier molecular flexibility index (Phi) is 4.11. The van der Waals surface area contributed by atoms with Crippen LogP contribution in [0.3, 0.4) is 0 Å². The number of halogens is 1. The lowest BCUT2D eigenvalue weighted by atomic mass is 9.90. The summed E-state index contributed by atoms with van der Waals surface area (Å²) in [6.07, 6.45) is 0.821. The smallest absolute Gasteiger partial charge is 0.271 e. The summed E-state index contributed by atoms with van der Waals surface area (Å²) < 4.78 is 26.9. The second kappa shape index (κ2) is 5.77. The zero-order chi connectivity index (χ0) is 15.9. The van der Waals surface area contributed by atoms with Crippen molar-refractivity contribution >= 4 is 27.3 Å². The summed E-state index contributed by atoms with van der Waals surface area (Å²) >= 11 is 5.97. The van der Waals surface area contributed by atoms with Gasteiger partial charge < -0.3 is 5.32 Å². The summed E-state index contributed by atoms with van der Waals surface area (Å²) in [6.45, 7) is 2.69. The summed E-state index contributed by atoms with van der Waals surface area (Å²) in [5.41, 5.74) is -0.220. The molecule has 2 saturated heterocycles. The topological polar surface area (TPSA) is 92.5 Å². The zero-order valence-electron chi connectivity index (χ0n) is 11.7. The lowest BCUT2D eigenvalue weighted by Crippen LogP contribution is -2.43. The Labute approximate surface area is 133 Å². The molecule has 1 N–H and O–H groups in total. The van der Waals surface area contributed by atoms with Gasteiger partial charge in [0.15, 0.2) is 0 Å². The van der Waals surface area contributed by atoms with Gasteiger partial charge in [-0.2, -0.15) is 4.31 Å². The number of benzene rings is 1. The number of nitrogens with zero attached hydrogens (tertiary/aromatic N) is 2. The fourth-order valence-electron chi connectivity index (χ4n) is 3.17. The van der Waals surface area contributed by atoms with Crippen molar-refractivity contribution in [1.82, 2.24) is 9.62 Å². The van der Waals surface area contributed by atoms with E-state index in [0.29, 0.717) is 24.9 Å². The highest BCUT2D eigenvalue weighted by Gasteiger charge is 2.38. The highest BCUT2D eigenvalue weighted by atomic mass is 35.5. The van der Waals surface area contributed by atoms with Crippen molar-refractivity contribution < 1.29 is 13.3 Å². The van der Waals surface area contributed by atoms with Gasteiger partial charge in [-0.3, -0.25) is 10.1 Å². The SMILES string of the molecule is O=[N+]([O-])c1ccc(S(=O)(=O)N2CCC3CNCC3C2)c(Cl)c1. The van der Waals surface area contributed by atoms with Crippen molar-refractivity contribution in [2.24, 2.45) is 11.8 Å². The number of piperidine rings is 1. The molecule has 2 unspecified atom stereocenters. The minimum Gasteiger partial charge on any atom is -0.316 e. The van der Waals surface area contributed by atoms with E-state index < -0.39 is 14.9 Å². The Morgan fingerprint density at radius 3 is 2.73 bits per heavy atom. The van der Waals surface area contributed by atoms with E-state index in [-0.39, 0.29) is 15.6 Å². The van der Waals surface area contributed by atoms with Crippen molar-refractivity contribution in [3.05, 3.63) is 33.3 Å². The first-order valence-electron chi connectivity index (χ1n) is 7.04. The Balaban J connectivity index is 1.88. The minimum atomic E-state index is -3.72. The summed E-state index contributed by atoms with van der Waals surface area (Å²) in [5.74, 6) is 0.846. The Bertz CT molecular complexity index is 709. The average molecular weight is 346 g/mol. The van der Waals surface area contributed by atoms with E-state index in [1.807, 2.05) is 0 Å². The number of hydrogen-bond acceptors (Lipinski definition) is 5. The molecule has 0 spiro atoms. The van der Waals surface area contributed by atoms with Crippen LogP contribution in [0.2, 0.25) is 5.02 Å². The number of nitrogens with one attached hydrogen (secondary N) is 1. The monoisotopic (exact) mass is 345 g/mol. The van der Waals surface area contributed by atoms with E-state index in [2.05, 4.69) is 5.32 Å². The Morgan fingerprint density at radius 1 is 1.32 bits per heavy atom. The second-order valence-corrected chi connectivity index (χ2v) is 8.02. The van der Waals surface area contributed by atoms with Gasteiger partial charge in [-0.1, -0.05) is 11.6 Å². The number of hydrogen-bond donors (Lipinski definition) is 1. The number of rotatable bonds is 3. The Hall–Kier alpha value is -1.22. The van der Waals surface area contributed by atoms with E-state index >= 15 is 0 Å². The van der Waals surface area contributed by atoms with Crippen molar-refractivity contribution in [2.45, 2.75) is 11.3 Å². The fourth-order valence-corrected chi connectivity index (χ4v) is 5.20. The van der Waals surface area contributed by atoms with Gasteiger partial charge in [-0.25, -0.2) is 8.42 Å². The molecular weight excluding hydrogens is 330 g/mol. The molecule has 1 aromatic rings. The first kappa shape index (κ1) is 15.7. The molecule has 0 aromatic heterocycles. The van der Waals surface area contributed by atoms with Gasteiger partial charge in [0.2, 0.25) is 10.0 Å². The molecule has 0 saturated carbocycles. The molecule has 3 rings (SSSR count). The van der Waals surface area contributed by atoms with Gasteiger partial charge >= 0.3 is 0 Å². The highest BCUT2D eigenvalue weighted by Crippen LogP contribution is 2.33. The fraction of sp³-hybridized carbons (Fsp3) is 0.538. The van der Waals surface area contributed by atoms with Crippen LogP contribution in [-0.4, -0.2) is 43.8 Å². The van der Waals surface area contributed by atoms with Crippen molar-refractivity contribution in [2.75, 3.05) is 26.2 Å². The van der Waals surface area contributed by atoms with Gasteiger partial charge in [-0.05, 0) is 37.4 Å². The van der Waals surface area contributed by atoms with Gasteiger partial charge in [0.05, 0.1) is 9.95 Å². The number of sulfonamides is 1. The molecule has 2 aliphatic rings. The van der Waals surface area contributed by atoms with Gasteiger partial charge in [0.25, 0.3) is 5.69 Å². The molecule has 0 radical (unpaired) electrons. The van der Waals surface area contributed by atoms with Crippen LogP contribution in [0.25, 0.3) is 0 Å². The molecule has 120 valence electrons. The third kappa shape index (κ3) is 2.71. The molecule has 0 amide bonds. The van der Waals surface area contributed by atoms with Gasteiger partial charge in [-0.15, -0.1) is 0 Å². The van der Waals surface area contributed by atoms with Crippen molar-refractivity contribution in [3.8, 4) is 0 Å². The van der Waals surface area contributed by atoms with Crippen LogP contribution in [-0.2, 0) is 10.0 Å². The maximum Gasteiger partial charge on any atom is 0.271 e. The summed E-state index contributed by atoms with van der Waals surface area (Å²) in [5, 5.41) is 13.9. The molecule has 0 bridgehead atoms. The van der Waals surface area contributed by atoms with E-state index in [1.165, 1.54) is 16.4 Å². The molecule has 2 fully saturated rings. The lowest BCUT2D eigenvalue weighted by Gasteiger charge is -2.33. The number of nitro groups is 1. The van der Waals surface area contributed by atoms with E-state index in [4.69, 9.17) is 11.6 Å². The summed E-state index contributed by atoms with van der Waals surface area (Å²) in [6, 6.07) is 3.47. The quantitative estimate of drug-likeness (QED) is 0.661. The first-order valence-corrected chi connectivity index (χ1v) is 8.86. The molecule has 7 nitrogen and oxygen atoms in total. The van der Waals surface area contributed by atoms with Crippen LogP contribution in [0, 0.1) is 22.0 Å². The number of nitro benzene ring substituents is 1. The Morgan fingerprint density at radius 2 is 2.05 bits per heavy atom. The molecule has 22 heavy (non-hydrogen) atoms. The van der Waals surface area contributed by atoms with Gasteiger partial charge in [0, 0.05) is 25.2 Å². The van der Waals surface area contributed by atoms with Crippen LogP contribution >= 0.6 is 11.6 Å². The number of fused-ring (bicyclic) bond motifs is 1. The van der Waals surface area contributed by atoms with Crippen LogP contribution in [0.1, 0.15) is 6.42 Å². The normalized spacial score (nSPS) is 25.9. The second-order valence-electron chi connectivity index (χ2n) is 5.70. The largest absolute Gasteiger partial charge is 0.316 e. The summed E-state index contributed by atoms with van der Waals surface area (Å²) in [7, 11) is -3.72. The molecule has 1 aromatic carbocycles. The summed E-state index contributed by atoms with van der Waals surface area (Å²) in [4.78, 5) is 10.1. The average Bonchev–Trinajstić information content (AvgIpc) is 2.94. The predicted octanol–water partition coefficient (Wildman–Crippen LogP) is 1.48. The minimum absolute atomic E-state index is 0.0656. The zero-order valence-corrected chi connectivity index (χ0v) is 13.3. The molecule has 2 aliphatic heterocycles. The first-order chi connectivity index (χ1) is 10.4. The van der Waals surface area contributed by atoms with E-state index in [9.17, 15) is 18.5 Å².